The SMILES string of the molecule is O=C([O-])[C@@H]1C2CCC(CC2)[C@@H]1C(=O)Nc1ccc2c(c1)OCCO2. The summed E-state index contributed by atoms with van der Waals surface area (Å²) in [6.45, 7) is 0.987. The number of carbonyl (C=O) groups is 2. The average Bonchev–Trinajstić information content (AvgIpc) is 2.61. The smallest absolute Gasteiger partial charge is 0.228 e. The van der Waals surface area contributed by atoms with Crippen molar-refractivity contribution in [2.45, 2.75) is 25.7 Å². The number of rotatable bonds is 3. The number of fused-ring (bicyclic) bond motifs is 4. The summed E-state index contributed by atoms with van der Waals surface area (Å²) in [5, 5.41) is 14.4. The van der Waals surface area contributed by atoms with E-state index in [1.807, 2.05) is 0 Å². The fourth-order valence-corrected chi connectivity index (χ4v) is 4.51. The maximum absolute atomic E-state index is 12.8. The van der Waals surface area contributed by atoms with Crippen LogP contribution in [0, 0.1) is 23.7 Å². The van der Waals surface area contributed by atoms with Crippen molar-refractivity contribution in [3.63, 3.8) is 0 Å². The fraction of sp³-hybridized carbons (Fsp3) is 0.556. The van der Waals surface area contributed by atoms with Crippen molar-refractivity contribution >= 4 is 17.6 Å². The van der Waals surface area contributed by atoms with E-state index in [0.717, 1.165) is 25.7 Å². The number of hydrogen-bond donors (Lipinski definition) is 1. The lowest BCUT2D eigenvalue weighted by atomic mass is 9.58. The first-order valence-corrected chi connectivity index (χ1v) is 8.55. The van der Waals surface area contributed by atoms with Gasteiger partial charge in [-0.05, 0) is 49.7 Å². The molecular weight excluding hydrogens is 310 g/mol. The molecule has 0 spiro atoms. The Hall–Kier alpha value is -2.24. The number of aliphatic carboxylic acids is 1. The van der Waals surface area contributed by atoms with Crippen LogP contribution in [0.5, 0.6) is 11.5 Å². The van der Waals surface area contributed by atoms with Crippen LogP contribution in [-0.4, -0.2) is 25.1 Å². The average molecular weight is 330 g/mol. The molecule has 0 saturated heterocycles. The third kappa shape index (κ3) is 2.60. The zero-order chi connectivity index (χ0) is 16.7. The summed E-state index contributed by atoms with van der Waals surface area (Å²) in [6, 6.07) is 5.23. The molecule has 0 unspecified atom stereocenters. The van der Waals surface area contributed by atoms with Crippen LogP contribution in [0.25, 0.3) is 0 Å². The van der Waals surface area contributed by atoms with Crippen LogP contribution in [-0.2, 0) is 9.59 Å². The molecule has 2 atom stereocenters. The monoisotopic (exact) mass is 330 g/mol. The third-order valence-corrected chi connectivity index (χ3v) is 5.60. The number of hydrogen-bond acceptors (Lipinski definition) is 5. The van der Waals surface area contributed by atoms with E-state index in [2.05, 4.69) is 5.32 Å². The van der Waals surface area contributed by atoms with Gasteiger partial charge >= 0.3 is 0 Å². The van der Waals surface area contributed by atoms with Crippen LogP contribution < -0.4 is 19.9 Å². The van der Waals surface area contributed by atoms with Crippen molar-refractivity contribution in [3.8, 4) is 11.5 Å². The van der Waals surface area contributed by atoms with Gasteiger partial charge in [-0.1, -0.05) is 0 Å². The molecule has 24 heavy (non-hydrogen) atoms. The van der Waals surface area contributed by atoms with Gasteiger partial charge in [0.1, 0.15) is 13.2 Å². The van der Waals surface area contributed by atoms with Crippen LogP contribution in [0.3, 0.4) is 0 Å². The normalized spacial score (nSPS) is 30.7. The Balaban J connectivity index is 1.54. The van der Waals surface area contributed by atoms with Crippen molar-refractivity contribution in [1.29, 1.82) is 0 Å². The number of carbonyl (C=O) groups excluding carboxylic acids is 2. The van der Waals surface area contributed by atoms with Gasteiger partial charge in [-0.25, -0.2) is 0 Å². The molecule has 0 aromatic heterocycles. The Morgan fingerprint density at radius 3 is 2.25 bits per heavy atom. The minimum Gasteiger partial charge on any atom is -0.550 e. The van der Waals surface area contributed by atoms with Gasteiger partial charge in [0.2, 0.25) is 5.91 Å². The Labute approximate surface area is 140 Å². The Bertz CT molecular complexity index is 665. The van der Waals surface area contributed by atoms with Crippen molar-refractivity contribution in [2.75, 3.05) is 18.5 Å². The number of carboxylic acids is 1. The highest BCUT2D eigenvalue weighted by atomic mass is 16.6. The van der Waals surface area contributed by atoms with E-state index >= 15 is 0 Å². The molecule has 3 fully saturated rings. The molecule has 3 aliphatic carbocycles. The second-order valence-electron chi connectivity index (χ2n) is 6.89. The third-order valence-electron chi connectivity index (χ3n) is 5.60. The summed E-state index contributed by atoms with van der Waals surface area (Å²) in [6.07, 6.45) is 3.62. The van der Waals surface area contributed by atoms with E-state index in [4.69, 9.17) is 9.47 Å². The molecule has 6 heteroatoms. The van der Waals surface area contributed by atoms with E-state index in [1.54, 1.807) is 18.2 Å². The van der Waals surface area contributed by atoms with Gasteiger partial charge in [-0.2, -0.15) is 0 Å². The van der Waals surface area contributed by atoms with Gasteiger partial charge in [-0.15, -0.1) is 0 Å². The van der Waals surface area contributed by atoms with Gasteiger partial charge < -0.3 is 24.7 Å². The molecule has 0 radical (unpaired) electrons. The maximum Gasteiger partial charge on any atom is 0.228 e. The predicted molar refractivity (Wildman–Crippen MR) is 83.5 cm³/mol. The van der Waals surface area contributed by atoms with E-state index in [1.165, 1.54) is 0 Å². The molecule has 5 rings (SSSR count). The van der Waals surface area contributed by atoms with Gasteiger partial charge in [0.15, 0.2) is 11.5 Å². The molecule has 1 aromatic carbocycles. The van der Waals surface area contributed by atoms with E-state index in [0.29, 0.717) is 30.4 Å². The lowest BCUT2D eigenvalue weighted by molar-refractivity contribution is -0.318. The first kappa shape index (κ1) is 15.3. The largest absolute Gasteiger partial charge is 0.550 e. The van der Waals surface area contributed by atoms with Crippen LogP contribution in [0.15, 0.2) is 18.2 Å². The van der Waals surface area contributed by atoms with Gasteiger partial charge in [0, 0.05) is 29.6 Å². The molecule has 1 heterocycles. The van der Waals surface area contributed by atoms with Crippen LogP contribution in [0.2, 0.25) is 0 Å². The highest BCUT2D eigenvalue weighted by molar-refractivity contribution is 5.95. The first-order valence-electron chi connectivity index (χ1n) is 8.55. The van der Waals surface area contributed by atoms with Crippen LogP contribution >= 0.6 is 0 Å². The van der Waals surface area contributed by atoms with Crippen molar-refractivity contribution in [1.82, 2.24) is 0 Å². The van der Waals surface area contributed by atoms with Gasteiger partial charge in [0.05, 0.1) is 0 Å². The molecular formula is C18H20NO5-. The van der Waals surface area contributed by atoms with Crippen molar-refractivity contribution in [2.24, 2.45) is 23.7 Å². The predicted octanol–water partition coefficient (Wildman–Crippen LogP) is 1.20. The van der Waals surface area contributed by atoms with E-state index < -0.39 is 17.8 Å². The zero-order valence-corrected chi connectivity index (χ0v) is 13.3. The Morgan fingerprint density at radius 2 is 1.58 bits per heavy atom. The molecule has 3 saturated carbocycles. The number of ether oxygens (including phenoxy) is 2. The van der Waals surface area contributed by atoms with Gasteiger partial charge in [-0.3, -0.25) is 4.79 Å². The number of anilines is 1. The molecule has 1 aliphatic heterocycles. The molecule has 4 aliphatic rings. The summed E-state index contributed by atoms with van der Waals surface area (Å²) >= 11 is 0. The molecule has 6 nitrogen and oxygen atoms in total. The van der Waals surface area contributed by atoms with E-state index in [9.17, 15) is 14.7 Å². The van der Waals surface area contributed by atoms with Crippen molar-refractivity contribution in [3.05, 3.63) is 18.2 Å². The second-order valence-corrected chi connectivity index (χ2v) is 6.89. The number of amides is 1. The lowest BCUT2D eigenvalue weighted by Gasteiger charge is -2.48. The van der Waals surface area contributed by atoms with Crippen molar-refractivity contribution < 1.29 is 24.2 Å². The lowest BCUT2D eigenvalue weighted by Crippen LogP contribution is -2.52. The van der Waals surface area contributed by atoms with Gasteiger partial charge in [0.25, 0.3) is 0 Å². The number of benzene rings is 1. The summed E-state index contributed by atoms with van der Waals surface area (Å²) in [5.41, 5.74) is 0.600. The maximum atomic E-state index is 12.8. The molecule has 1 amide bonds. The standard InChI is InChI=1S/C18H21NO5/c20-17(15-10-1-3-11(4-2-10)16(15)18(21)22)19-12-5-6-13-14(9-12)24-8-7-23-13/h5-6,9-11,15-16H,1-4,7-8H2,(H,19,20)(H,21,22)/p-1/t10?,11?,15-,16+/m0/s1. The molecule has 1 aromatic rings. The fourth-order valence-electron chi connectivity index (χ4n) is 4.51. The van der Waals surface area contributed by atoms with Crippen LogP contribution in [0.1, 0.15) is 25.7 Å². The Kier molecular flexibility index (Phi) is 3.82. The number of nitrogens with one attached hydrogen (secondary N) is 1. The zero-order valence-electron chi connectivity index (χ0n) is 13.3. The summed E-state index contributed by atoms with van der Waals surface area (Å²) in [4.78, 5) is 24.3. The highest BCUT2D eigenvalue weighted by Gasteiger charge is 2.47. The first-order chi connectivity index (χ1) is 11.6. The summed E-state index contributed by atoms with van der Waals surface area (Å²) in [7, 11) is 0. The highest BCUT2D eigenvalue weighted by Crippen LogP contribution is 2.49. The minimum absolute atomic E-state index is 0.0658. The summed E-state index contributed by atoms with van der Waals surface area (Å²) in [5.74, 6) is -1.04. The molecule has 1 N–H and O–H groups in total. The topological polar surface area (TPSA) is 87.7 Å². The number of carboxylic acid groups (broad SMARTS) is 1. The molecule has 128 valence electrons. The minimum atomic E-state index is -1.09. The van der Waals surface area contributed by atoms with Crippen LogP contribution in [0.4, 0.5) is 5.69 Å². The quantitative estimate of drug-likeness (QED) is 0.900. The second kappa shape index (κ2) is 6.00. The molecule has 2 bridgehead atoms. The Morgan fingerprint density at radius 1 is 0.958 bits per heavy atom. The summed E-state index contributed by atoms with van der Waals surface area (Å²) < 4.78 is 11.0. The van der Waals surface area contributed by atoms with E-state index in [-0.39, 0.29) is 17.7 Å².